The van der Waals surface area contributed by atoms with Gasteiger partial charge in [0.15, 0.2) is 0 Å². The minimum Gasteiger partial charge on any atom is -0.287 e. The van der Waals surface area contributed by atoms with E-state index >= 15 is 0 Å². The van der Waals surface area contributed by atoms with Gasteiger partial charge in [-0.05, 0) is 18.6 Å². The number of aryl methyl sites for hydroxylation is 2. The summed E-state index contributed by atoms with van der Waals surface area (Å²) in [5, 5.41) is 3.98. The van der Waals surface area contributed by atoms with Gasteiger partial charge in [-0.15, -0.1) is 0 Å². The summed E-state index contributed by atoms with van der Waals surface area (Å²) < 4.78 is 1.62. The van der Waals surface area contributed by atoms with Crippen LogP contribution in [0, 0.1) is 6.92 Å². The molecule has 0 saturated heterocycles. The zero-order valence-corrected chi connectivity index (χ0v) is 6.66. The lowest BCUT2D eigenvalue weighted by molar-refractivity contribution is 0.104. The van der Waals surface area contributed by atoms with Crippen LogP contribution in [0.4, 0.5) is 0 Å². The van der Waals surface area contributed by atoms with Crippen molar-refractivity contribution in [1.29, 1.82) is 0 Å². The summed E-state index contributed by atoms with van der Waals surface area (Å²) in [6.07, 6.45) is 3.08. The Morgan fingerprint density at radius 2 is 2.45 bits per heavy atom. The SMILES string of the molecule is C=CC(=O)c1nn(C)cc1C. The molecular weight excluding hydrogens is 140 g/mol. The first-order valence-electron chi connectivity index (χ1n) is 3.32. The van der Waals surface area contributed by atoms with E-state index in [4.69, 9.17) is 0 Å². The fourth-order valence-corrected chi connectivity index (χ4v) is 0.947. The Morgan fingerprint density at radius 3 is 2.82 bits per heavy atom. The second-order valence-electron chi connectivity index (χ2n) is 2.40. The normalized spacial score (nSPS) is 9.64. The van der Waals surface area contributed by atoms with E-state index in [1.165, 1.54) is 6.08 Å². The quantitative estimate of drug-likeness (QED) is 0.467. The molecule has 0 aromatic carbocycles. The molecule has 1 rings (SSSR count). The molecule has 58 valence electrons. The van der Waals surface area contributed by atoms with Gasteiger partial charge in [0.25, 0.3) is 0 Å². The van der Waals surface area contributed by atoms with Crippen molar-refractivity contribution < 1.29 is 4.79 Å². The lowest BCUT2D eigenvalue weighted by atomic mass is 10.2. The van der Waals surface area contributed by atoms with Crippen LogP contribution >= 0.6 is 0 Å². The van der Waals surface area contributed by atoms with Gasteiger partial charge in [-0.3, -0.25) is 9.48 Å². The fraction of sp³-hybridized carbons (Fsp3) is 0.250. The Hall–Kier alpha value is -1.38. The van der Waals surface area contributed by atoms with E-state index in [0.29, 0.717) is 5.69 Å². The minimum atomic E-state index is -0.122. The Balaban J connectivity index is 3.12. The third-order valence-electron chi connectivity index (χ3n) is 1.43. The lowest BCUT2D eigenvalue weighted by Crippen LogP contribution is -1.98. The van der Waals surface area contributed by atoms with Crippen molar-refractivity contribution in [3.8, 4) is 0 Å². The summed E-state index contributed by atoms with van der Waals surface area (Å²) >= 11 is 0. The van der Waals surface area contributed by atoms with Crippen LogP contribution in [0.3, 0.4) is 0 Å². The van der Waals surface area contributed by atoms with Crippen molar-refractivity contribution in [2.45, 2.75) is 6.92 Å². The Morgan fingerprint density at radius 1 is 1.82 bits per heavy atom. The smallest absolute Gasteiger partial charge is 0.205 e. The van der Waals surface area contributed by atoms with Crippen LogP contribution in [-0.4, -0.2) is 15.6 Å². The average Bonchev–Trinajstić information content (AvgIpc) is 2.28. The molecule has 0 aliphatic rings. The monoisotopic (exact) mass is 150 g/mol. The van der Waals surface area contributed by atoms with Crippen molar-refractivity contribution in [1.82, 2.24) is 9.78 Å². The van der Waals surface area contributed by atoms with Crippen LogP contribution in [0.15, 0.2) is 18.9 Å². The highest BCUT2D eigenvalue weighted by Gasteiger charge is 2.08. The van der Waals surface area contributed by atoms with Crippen molar-refractivity contribution in [2.24, 2.45) is 7.05 Å². The summed E-state index contributed by atoms with van der Waals surface area (Å²) in [5.41, 5.74) is 1.37. The highest BCUT2D eigenvalue weighted by molar-refractivity contribution is 6.03. The van der Waals surface area contributed by atoms with E-state index in [1.54, 1.807) is 17.9 Å². The Kier molecular flexibility index (Phi) is 1.89. The van der Waals surface area contributed by atoms with Crippen LogP contribution in [0.1, 0.15) is 16.1 Å². The summed E-state index contributed by atoms with van der Waals surface area (Å²) in [6.45, 7) is 5.24. The van der Waals surface area contributed by atoms with Gasteiger partial charge in [0.1, 0.15) is 5.69 Å². The fourth-order valence-electron chi connectivity index (χ4n) is 0.947. The van der Waals surface area contributed by atoms with Crippen molar-refractivity contribution in [3.63, 3.8) is 0 Å². The van der Waals surface area contributed by atoms with E-state index in [2.05, 4.69) is 11.7 Å². The first kappa shape index (κ1) is 7.72. The molecule has 1 heterocycles. The van der Waals surface area contributed by atoms with Gasteiger partial charge < -0.3 is 0 Å². The van der Waals surface area contributed by atoms with Crippen molar-refractivity contribution >= 4 is 5.78 Å². The molecule has 1 aromatic rings. The predicted octanol–water partition coefficient (Wildman–Crippen LogP) is 1.10. The molecule has 3 heteroatoms. The number of rotatable bonds is 2. The molecule has 0 N–H and O–H groups in total. The summed E-state index contributed by atoms with van der Waals surface area (Å²) in [7, 11) is 1.78. The van der Waals surface area contributed by atoms with E-state index in [9.17, 15) is 4.79 Å². The topological polar surface area (TPSA) is 34.9 Å². The molecule has 0 saturated carbocycles. The predicted molar refractivity (Wildman–Crippen MR) is 42.5 cm³/mol. The maximum atomic E-state index is 11.1. The second kappa shape index (κ2) is 2.70. The number of hydrogen-bond acceptors (Lipinski definition) is 2. The van der Waals surface area contributed by atoms with Gasteiger partial charge >= 0.3 is 0 Å². The Bertz CT molecular complexity index is 299. The summed E-state index contributed by atoms with van der Waals surface area (Å²) in [5.74, 6) is -0.122. The first-order chi connectivity index (χ1) is 5.15. The summed E-state index contributed by atoms with van der Waals surface area (Å²) in [4.78, 5) is 11.1. The van der Waals surface area contributed by atoms with E-state index in [-0.39, 0.29) is 5.78 Å². The lowest BCUT2D eigenvalue weighted by Gasteiger charge is -1.87. The van der Waals surface area contributed by atoms with E-state index < -0.39 is 0 Å². The zero-order valence-electron chi connectivity index (χ0n) is 6.66. The van der Waals surface area contributed by atoms with Gasteiger partial charge in [-0.2, -0.15) is 5.10 Å². The number of nitrogens with zero attached hydrogens (tertiary/aromatic N) is 2. The largest absolute Gasteiger partial charge is 0.287 e. The number of carbonyl (C=O) groups is 1. The molecule has 0 aliphatic heterocycles. The molecule has 0 fully saturated rings. The van der Waals surface area contributed by atoms with Crippen LogP contribution in [0.25, 0.3) is 0 Å². The molecule has 0 radical (unpaired) electrons. The summed E-state index contributed by atoms with van der Waals surface area (Å²) in [6, 6.07) is 0. The molecule has 0 atom stereocenters. The van der Waals surface area contributed by atoms with Crippen LogP contribution in [0.2, 0.25) is 0 Å². The first-order valence-corrected chi connectivity index (χ1v) is 3.32. The molecule has 0 bridgehead atoms. The van der Waals surface area contributed by atoms with Gasteiger partial charge in [0.2, 0.25) is 5.78 Å². The number of aromatic nitrogens is 2. The molecule has 0 amide bonds. The maximum absolute atomic E-state index is 11.1. The third-order valence-corrected chi connectivity index (χ3v) is 1.43. The molecular formula is C8H10N2O. The molecule has 3 nitrogen and oxygen atoms in total. The molecule has 0 unspecified atom stereocenters. The molecule has 0 aliphatic carbocycles. The van der Waals surface area contributed by atoms with Gasteiger partial charge in [0, 0.05) is 13.2 Å². The van der Waals surface area contributed by atoms with Crippen molar-refractivity contribution in [2.75, 3.05) is 0 Å². The average molecular weight is 150 g/mol. The van der Waals surface area contributed by atoms with E-state index in [1.807, 2.05) is 6.92 Å². The molecule has 11 heavy (non-hydrogen) atoms. The Labute approximate surface area is 65.3 Å². The van der Waals surface area contributed by atoms with Crippen molar-refractivity contribution in [3.05, 3.63) is 30.1 Å². The zero-order chi connectivity index (χ0) is 8.43. The van der Waals surface area contributed by atoms with Crippen LogP contribution in [0.5, 0.6) is 0 Å². The number of allylic oxidation sites excluding steroid dienone is 1. The highest BCUT2D eigenvalue weighted by Crippen LogP contribution is 2.04. The van der Waals surface area contributed by atoms with Gasteiger partial charge in [-0.1, -0.05) is 6.58 Å². The van der Waals surface area contributed by atoms with Gasteiger partial charge in [-0.25, -0.2) is 0 Å². The molecule has 1 aromatic heterocycles. The second-order valence-corrected chi connectivity index (χ2v) is 2.40. The number of hydrogen-bond donors (Lipinski definition) is 0. The highest BCUT2D eigenvalue weighted by atomic mass is 16.1. The minimum absolute atomic E-state index is 0.122. The number of ketones is 1. The van der Waals surface area contributed by atoms with Crippen LogP contribution < -0.4 is 0 Å². The van der Waals surface area contributed by atoms with Crippen LogP contribution in [-0.2, 0) is 7.05 Å². The standard InChI is InChI=1S/C8H10N2O/c1-4-7(11)8-6(2)5-10(3)9-8/h4-5H,1H2,2-3H3. The molecule has 0 spiro atoms. The number of carbonyl (C=O) groups excluding carboxylic acids is 1. The van der Waals surface area contributed by atoms with E-state index in [0.717, 1.165) is 5.56 Å². The maximum Gasteiger partial charge on any atom is 0.205 e. The van der Waals surface area contributed by atoms with Gasteiger partial charge in [0.05, 0.1) is 0 Å². The third kappa shape index (κ3) is 1.37.